The van der Waals surface area contributed by atoms with Gasteiger partial charge < -0.3 is 14.7 Å². The molecule has 0 bridgehead atoms. The van der Waals surface area contributed by atoms with E-state index in [0.29, 0.717) is 0 Å². The highest BCUT2D eigenvalue weighted by atomic mass is 32.2. The highest BCUT2D eigenvalue weighted by molar-refractivity contribution is 8.14. The molecule has 1 amide bonds. The molecule has 1 unspecified atom stereocenters. The Balaban J connectivity index is 2.79. The zero-order chi connectivity index (χ0) is 14.6. The number of methoxy groups -OCH3 is 1. The molecule has 1 aliphatic rings. The number of thioether (sulfide) groups is 1. The largest absolute Gasteiger partial charge is 0.481 e. The van der Waals surface area contributed by atoms with E-state index >= 15 is 0 Å². The second-order valence-corrected chi connectivity index (χ2v) is 5.60. The molecule has 19 heavy (non-hydrogen) atoms. The molecule has 1 aliphatic heterocycles. The van der Waals surface area contributed by atoms with Gasteiger partial charge in [-0.25, -0.2) is 4.79 Å². The normalized spacial score (nSPS) is 20.2. The van der Waals surface area contributed by atoms with E-state index in [2.05, 4.69) is 4.74 Å². The van der Waals surface area contributed by atoms with Gasteiger partial charge in [0, 0.05) is 25.1 Å². The molecule has 0 aromatic rings. The Bertz CT molecular complexity index is 410. The van der Waals surface area contributed by atoms with Gasteiger partial charge in [-0.3, -0.25) is 14.4 Å². The van der Waals surface area contributed by atoms with Crippen molar-refractivity contribution in [1.29, 1.82) is 0 Å². The number of carbonyl (C=O) groups excluding carboxylic acids is 3. The summed E-state index contributed by atoms with van der Waals surface area (Å²) in [7, 11) is 1.14. The van der Waals surface area contributed by atoms with Crippen LogP contribution in [0.3, 0.4) is 0 Å². The van der Waals surface area contributed by atoms with Crippen LogP contribution in [0, 0.1) is 0 Å². The molecule has 7 nitrogen and oxygen atoms in total. The van der Waals surface area contributed by atoms with Gasteiger partial charge in [0.2, 0.25) is 5.91 Å². The molecule has 0 spiro atoms. The Hall–Kier alpha value is -1.57. The predicted molar refractivity (Wildman–Crippen MR) is 66.4 cm³/mol. The van der Waals surface area contributed by atoms with Crippen molar-refractivity contribution in [3.63, 3.8) is 0 Å². The molecule has 1 N–H and O–H groups in total. The topological polar surface area (TPSA) is 101 Å². The summed E-state index contributed by atoms with van der Waals surface area (Å²) < 4.78 is 4.52. The fourth-order valence-corrected chi connectivity index (χ4v) is 2.87. The van der Waals surface area contributed by atoms with Gasteiger partial charge in [0.15, 0.2) is 5.12 Å². The second-order valence-electron chi connectivity index (χ2n) is 4.12. The fourth-order valence-electron chi connectivity index (χ4n) is 1.93. The lowest BCUT2D eigenvalue weighted by atomic mass is 10.2. The van der Waals surface area contributed by atoms with Crippen LogP contribution in [0.2, 0.25) is 0 Å². The van der Waals surface area contributed by atoms with Gasteiger partial charge in [0.1, 0.15) is 6.04 Å². The first-order valence-corrected chi connectivity index (χ1v) is 6.49. The zero-order valence-electron chi connectivity index (χ0n) is 10.6. The lowest BCUT2D eigenvalue weighted by Crippen LogP contribution is -2.44. The van der Waals surface area contributed by atoms with Crippen molar-refractivity contribution in [2.45, 2.75) is 31.1 Å². The minimum atomic E-state index is -1.19. The molecule has 1 heterocycles. The van der Waals surface area contributed by atoms with Crippen molar-refractivity contribution in [1.82, 2.24) is 4.90 Å². The number of carboxylic acid groups (broad SMARTS) is 1. The van der Waals surface area contributed by atoms with Crippen LogP contribution < -0.4 is 0 Å². The number of nitrogens with zero attached hydrogens (tertiary/aromatic N) is 1. The molecule has 2 atom stereocenters. The van der Waals surface area contributed by atoms with Crippen LogP contribution in [-0.4, -0.2) is 57.9 Å². The first kappa shape index (κ1) is 15.5. The third kappa shape index (κ3) is 4.23. The number of rotatable bonds is 5. The number of carbonyl (C=O) groups is 4. The van der Waals surface area contributed by atoms with Crippen molar-refractivity contribution < 1.29 is 29.0 Å². The van der Waals surface area contributed by atoms with Crippen molar-refractivity contribution >= 4 is 34.7 Å². The number of hydrogen-bond acceptors (Lipinski definition) is 6. The molecule has 1 saturated heterocycles. The summed E-state index contributed by atoms with van der Waals surface area (Å²) in [6.07, 6.45) is -0.382. The summed E-state index contributed by atoms with van der Waals surface area (Å²) in [6, 6.07) is -1.13. The molecule has 0 aromatic carbocycles. The highest BCUT2D eigenvalue weighted by Crippen LogP contribution is 2.26. The minimum Gasteiger partial charge on any atom is -0.481 e. The number of aliphatic carboxylic acids is 1. The van der Waals surface area contributed by atoms with Gasteiger partial charge in [-0.2, -0.15) is 0 Å². The molecular weight excluding hydrogens is 274 g/mol. The maximum Gasteiger partial charge on any atom is 0.329 e. The van der Waals surface area contributed by atoms with E-state index in [0.717, 1.165) is 18.9 Å². The predicted octanol–water partition coefficient (Wildman–Crippen LogP) is -0.117. The van der Waals surface area contributed by atoms with Gasteiger partial charge >= 0.3 is 11.9 Å². The maximum atomic E-state index is 11.8. The Labute approximate surface area is 114 Å². The van der Waals surface area contributed by atoms with Crippen LogP contribution in [0.1, 0.15) is 19.8 Å². The van der Waals surface area contributed by atoms with Crippen molar-refractivity contribution in [3.8, 4) is 0 Å². The molecule has 0 aliphatic carbocycles. The molecule has 0 radical (unpaired) electrons. The van der Waals surface area contributed by atoms with Crippen molar-refractivity contribution in [2.24, 2.45) is 0 Å². The SMILES string of the molecule is COC(=O)[C@@H](CC(=O)O)N1CC(SC(C)=O)CC1=O. The monoisotopic (exact) mass is 289 g/mol. The van der Waals surface area contributed by atoms with Gasteiger partial charge in [-0.15, -0.1) is 0 Å². The van der Waals surface area contributed by atoms with E-state index in [1.54, 1.807) is 0 Å². The summed E-state index contributed by atoms with van der Waals surface area (Å²) in [5, 5.41) is 8.42. The van der Waals surface area contributed by atoms with Crippen LogP contribution in [-0.2, 0) is 23.9 Å². The summed E-state index contributed by atoms with van der Waals surface area (Å²) >= 11 is 1.02. The third-order valence-corrected chi connectivity index (χ3v) is 3.65. The Kier molecular flexibility index (Phi) is 5.34. The molecular formula is C11H15NO6S. The van der Waals surface area contributed by atoms with Gasteiger partial charge in [0.25, 0.3) is 0 Å². The van der Waals surface area contributed by atoms with E-state index in [9.17, 15) is 19.2 Å². The van der Waals surface area contributed by atoms with E-state index in [-0.39, 0.29) is 29.2 Å². The first-order chi connectivity index (χ1) is 8.85. The number of hydrogen-bond donors (Lipinski definition) is 1. The van der Waals surface area contributed by atoms with Crippen LogP contribution in [0.5, 0.6) is 0 Å². The summed E-state index contributed by atoms with van der Waals surface area (Å²) in [5.41, 5.74) is 0. The number of esters is 1. The molecule has 106 valence electrons. The molecule has 1 fully saturated rings. The number of carboxylic acids is 1. The standard InChI is InChI=1S/C11H15NO6S/c1-6(13)19-7-3-9(14)12(5-7)8(4-10(15)16)11(17)18-2/h7-8H,3-5H2,1-2H3,(H,15,16)/t7?,8-/m1/s1. The van der Waals surface area contributed by atoms with E-state index in [1.807, 2.05) is 0 Å². The first-order valence-electron chi connectivity index (χ1n) is 5.61. The fraction of sp³-hybridized carbons (Fsp3) is 0.636. The summed E-state index contributed by atoms with van der Waals surface area (Å²) in [6.45, 7) is 1.57. The molecule has 8 heteroatoms. The highest BCUT2D eigenvalue weighted by Gasteiger charge is 2.39. The third-order valence-electron chi connectivity index (χ3n) is 2.67. The second kappa shape index (κ2) is 6.55. The number of likely N-dealkylation sites (tertiary alicyclic amines) is 1. The van der Waals surface area contributed by atoms with E-state index in [1.165, 1.54) is 11.8 Å². The number of amides is 1. The van der Waals surface area contributed by atoms with Crippen molar-refractivity contribution in [2.75, 3.05) is 13.7 Å². The van der Waals surface area contributed by atoms with Gasteiger partial charge in [-0.05, 0) is 0 Å². The van der Waals surface area contributed by atoms with E-state index in [4.69, 9.17) is 5.11 Å². The van der Waals surface area contributed by atoms with Crippen LogP contribution in [0.25, 0.3) is 0 Å². The molecule has 0 saturated carbocycles. The minimum absolute atomic E-state index is 0.118. The van der Waals surface area contributed by atoms with Crippen molar-refractivity contribution in [3.05, 3.63) is 0 Å². The average molecular weight is 289 g/mol. The summed E-state index contributed by atoms with van der Waals surface area (Å²) in [5.74, 6) is -2.29. The lowest BCUT2D eigenvalue weighted by Gasteiger charge is -2.24. The Morgan fingerprint density at radius 1 is 1.53 bits per heavy atom. The van der Waals surface area contributed by atoms with Crippen LogP contribution in [0.15, 0.2) is 0 Å². The quantitative estimate of drug-likeness (QED) is 0.704. The molecule has 0 aromatic heterocycles. The Morgan fingerprint density at radius 2 is 2.16 bits per heavy atom. The molecule has 1 rings (SSSR count). The lowest BCUT2D eigenvalue weighted by molar-refractivity contribution is -0.155. The van der Waals surface area contributed by atoms with Crippen LogP contribution in [0.4, 0.5) is 0 Å². The van der Waals surface area contributed by atoms with Gasteiger partial charge in [-0.1, -0.05) is 11.8 Å². The van der Waals surface area contributed by atoms with E-state index < -0.39 is 24.4 Å². The number of ether oxygens (including phenoxy) is 1. The summed E-state index contributed by atoms with van der Waals surface area (Å²) in [4.78, 5) is 46.3. The average Bonchev–Trinajstić information content (AvgIpc) is 2.64. The smallest absolute Gasteiger partial charge is 0.329 e. The zero-order valence-corrected chi connectivity index (χ0v) is 11.4. The van der Waals surface area contributed by atoms with Gasteiger partial charge in [0.05, 0.1) is 13.5 Å². The Morgan fingerprint density at radius 3 is 2.63 bits per heavy atom. The maximum absolute atomic E-state index is 11.8. The van der Waals surface area contributed by atoms with Crippen LogP contribution >= 0.6 is 11.8 Å².